The van der Waals surface area contributed by atoms with Crippen molar-refractivity contribution in [2.75, 3.05) is 25.1 Å². The quantitative estimate of drug-likeness (QED) is 0.708. The van der Waals surface area contributed by atoms with Gasteiger partial charge in [-0.15, -0.1) is 0 Å². The van der Waals surface area contributed by atoms with Crippen LogP contribution in [-0.2, 0) is 4.74 Å². The molecule has 0 saturated carbocycles. The number of anilines is 1. The van der Waals surface area contributed by atoms with Crippen molar-refractivity contribution in [2.45, 2.75) is 27.2 Å². The molecule has 0 radical (unpaired) electrons. The Morgan fingerprint density at radius 1 is 1.47 bits per heavy atom. The normalized spacial score (nSPS) is 10.7. The van der Waals surface area contributed by atoms with E-state index in [1.54, 1.807) is 6.07 Å². The first-order valence-corrected chi connectivity index (χ1v) is 6.52. The Labute approximate surface area is 114 Å². The standard InChI is InChI=1S/C14H22N2O3/c1-10(2)4-6-19-7-5-15-13-8-11(3)16-9-12(13)14(17)18/h8-10H,4-7H2,1-3H3,(H,15,16)(H,17,18). The number of hydrogen-bond acceptors (Lipinski definition) is 4. The monoisotopic (exact) mass is 266 g/mol. The Kier molecular flexibility index (Phi) is 6.29. The lowest BCUT2D eigenvalue weighted by Gasteiger charge is -2.11. The summed E-state index contributed by atoms with van der Waals surface area (Å²) in [4.78, 5) is 15.0. The molecule has 0 aliphatic heterocycles. The molecule has 0 fully saturated rings. The number of nitrogens with one attached hydrogen (secondary N) is 1. The van der Waals surface area contributed by atoms with Crippen LogP contribution >= 0.6 is 0 Å². The maximum Gasteiger partial charge on any atom is 0.339 e. The third kappa shape index (κ3) is 5.70. The molecule has 1 aromatic rings. The van der Waals surface area contributed by atoms with Crippen LogP contribution in [0.25, 0.3) is 0 Å². The van der Waals surface area contributed by atoms with Gasteiger partial charge in [0.2, 0.25) is 0 Å². The van der Waals surface area contributed by atoms with Crippen LogP contribution in [0, 0.1) is 12.8 Å². The van der Waals surface area contributed by atoms with E-state index in [0.717, 1.165) is 18.7 Å². The van der Waals surface area contributed by atoms with Gasteiger partial charge in [-0.3, -0.25) is 4.98 Å². The molecule has 0 spiro atoms. The molecule has 0 aliphatic carbocycles. The van der Waals surface area contributed by atoms with Gasteiger partial charge in [-0.2, -0.15) is 0 Å². The van der Waals surface area contributed by atoms with Crippen molar-refractivity contribution in [3.8, 4) is 0 Å². The van der Waals surface area contributed by atoms with Gasteiger partial charge in [-0.05, 0) is 25.3 Å². The Morgan fingerprint density at radius 3 is 2.84 bits per heavy atom. The van der Waals surface area contributed by atoms with Gasteiger partial charge >= 0.3 is 5.97 Å². The number of carboxylic acids is 1. The molecule has 5 heteroatoms. The Balaban J connectivity index is 2.40. The molecular formula is C14H22N2O3. The second kappa shape index (κ2) is 7.74. The van der Waals surface area contributed by atoms with Gasteiger partial charge in [0, 0.05) is 25.0 Å². The number of aryl methyl sites for hydroxylation is 1. The summed E-state index contributed by atoms with van der Waals surface area (Å²) in [5.41, 5.74) is 1.56. The van der Waals surface area contributed by atoms with E-state index in [4.69, 9.17) is 9.84 Å². The lowest BCUT2D eigenvalue weighted by atomic mass is 10.1. The summed E-state index contributed by atoms with van der Waals surface area (Å²) in [7, 11) is 0. The zero-order valence-electron chi connectivity index (χ0n) is 11.8. The van der Waals surface area contributed by atoms with Crippen molar-refractivity contribution < 1.29 is 14.6 Å². The van der Waals surface area contributed by atoms with Crippen molar-refractivity contribution in [3.63, 3.8) is 0 Å². The minimum atomic E-state index is -0.976. The van der Waals surface area contributed by atoms with Crippen LogP contribution in [0.15, 0.2) is 12.3 Å². The van der Waals surface area contributed by atoms with E-state index in [-0.39, 0.29) is 5.56 Å². The van der Waals surface area contributed by atoms with Gasteiger partial charge in [-0.1, -0.05) is 13.8 Å². The van der Waals surface area contributed by atoms with Crippen molar-refractivity contribution in [1.29, 1.82) is 0 Å². The van der Waals surface area contributed by atoms with E-state index < -0.39 is 5.97 Å². The largest absolute Gasteiger partial charge is 0.478 e. The highest BCUT2D eigenvalue weighted by Gasteiger charge is 2.10. The lowest BCUT2D eigenvalue weighted by molar-refractivity contribution is 0.0697. The second-order valence-electron chi connectivity index (χ2n) is 4.90. The van der Waals surface area contributed by atoms with E-state index in [1.807, 2.05) is 6.92 Å². The summed E-state index contributed by atoms with van der Waals surface area (Å²) in [6.45, 7) is 8.02. The molecule has 0 saturated heterocycles. The van der Waals surface area contributed by atoms with E-state index in [1.165, 1.54) is 6.20 Å². The number of carbonyl (C=O) groups is 1. The van der Waals surface area contributed by atoms with E-state index in [9.17, 15) is 4.79 Å². The molecule has 5 nitrogen and oxygen atoms in total. The highest BCUT2D eigenvalue weighted by molar-refractivity contribution is 5.93. The summed E-state index contributed by atoms with van der Waals surface area (Å²) in [6.07, 6.45) is 2.41. The molecule has 0 unspecified atom stereocenters. The summed E-state index contributed by atoms with van der Waals surface area (Å²) >= 11 is 0. The smallest absolute Gasteiger partial charge is 0.339 e. The first-order valence-electron chi connectivity index (χ1n) is 6.52. The van der Waals surface area contributed by atoms with Crippen molar-refractivity contribution in [1.82, 2.24) is 4.98 Å². The highest BCUT2D eigenvalue weighted by atomic mass is 16.5. The van der Waals surface area contributed by atoms with Crippen molar-refractivity contribution in [3.05, 3.63) is 23.5 Å². The topological polar surface area (TPSA) is 71.5 Å². The van der Waals surface area contributed by atoms with Crippen molar-refractivity contribution >= 4 is 11.7 Å². The Bertz CT molecular complexity index is 419. The molecule has 0 bridgehead atoms. The highest BCUT2D eigenvalue weighted by Crippen LogP contribution is 2.15. The van der Waals surface area contributed by atoms with Crippen molar-refractivity contribution in [2.24, 2.45) is 5.92 Å². The van der Waals surface area contributed by atoms with Gasteiger partial charge in [0.05, 0.1) is 12.3 Å². The molecule has 0 amide bonds. The molecular weight excluding hydrogens is 244 g/mol. The maximum atomic E-state index is 11.0. The lowest BCUT2D eigenvalue weighted by Crippen LogP contribution is -2.13. The Hall–Kier alpha value is -1.62. The molecule has 1 aromatic heterocycles. The molecule has 2 N–H and O–H groups in total. The average molecular weight is 266 g/mol. The fourth-order valence-corrected chi connectivity index (χ4v) is 1.56. The van der Waals surface area contributed by atoms with Crippen LogP contribution in [0.2, 0.25) is 0 Å². The minimum absolute atomic E-state index is 0.188. The van der Waals surface area contributed by atoms with E-state index in [0.29, 0.717) is 24.8 Å². The number of pyridine rings is 1. The third-order valence-electron chi connectivity index (χ3n) is 2.67. The third-order valence-corrected chi connectivity index (χ3v) is 2.67. The number of ether oxygens (including phenoxy) is 1. The summed E-state index contributed by atoms with van der Waals surface area (Å²) < 4.78 is 5.47. The number of rotatable bonds is 8. The van der Waals surface area contributed by atoms with Crippen LogP contribution in [0.4, 0.5) is 5.69 Å². The number of hydrogen-bond donors (Lipinski definition) is 2. The number of aromatic carboxylic acids is 1. The molecule has 0 aliphatic rings. The van der Waals surface area contributed by atoms with Gasteiger partial charge in [0.15, 0.2) is 0 Å². The van der Waals surface area contributed by atoms with Crippen LogP contribution in [0.5, 0.6) is 0 Å². The van der Waals surface area contributed by atoms with Crippen LogP contribution < -0.4 is 5.32 Å². The zero-order chi connectivity index (χ0) is 14.3. The van der Waals surface area contributed by atoms with Crippen LogP contribution in [0.3, 0.4) is 0 Å². The predicted octanol–water partition coefficient (Wildman–Crippen LogP) is 2.56. The summed E-state index contributed by atoms with van der Waals surface area (Å²) in [5.74, 6) is -0.342. The molecule has 106 valence electrons. The van der Waals surface area contributed by atoms with E-state index >= 15 is 0 Å². The first-order chi connectivity index (χ1) is 9.00. The molecule has 19 heavy (non-hydrogen) atoms. The summed E-state index contributed by atoms with van der Waals surface area (Å²) in [6, 6.07) is 1.73. The first kappa shape index (κ1) is 15.4. The Morgan fingerprint density at radius 2 is 2.21 bits per heavy atom. The van der Waals surface area contributed by atoms with Crippen LogP contribution in [0.1, 0.15) is 36.3 Å². The van der Waals surface area contributed by atoms with Gasteiger partial charge in [0.1, 0.15) is 5.56 Å². The number of nitrogens with zero attached hydrogens (tertiary/aromatic N) is 1. The van der Waals surface area contributed by atoms with Gasteiger partial charge in [0.25, 0.3) is 0 Å². The minimum Gasteiger partial charge on any atom is -0.478 e. The second-order valence-corrected chi connectivity index (χ2v) is 4.90. The number of carboxylic acid groups (broad SMARTS) is 1. The molecule has 0 atom stereocenters. The molecule has 0 aromatic carbocycles. The van der Waals surface area contributed by atoms with Crippen LogP contribution in [-0.4, -0.2) is 35.8 Å². The fourth-order valence-electron chi connectivity index (χ4n) is 1.56. The zero-order valence-corrected chi connectivity index (χ0v) is 11.8. The average Bonchev–Trinajstić information content (AvgIpc) is 2.33. The van der Waals surface area contributed by atoms with Gasteiger partial charge in [-0.25, -0.2) is 4.79 Å². The predicted molar refractivity (Wildman–Crippen MR) is 74.7 cm³/mol. The van der Waals surface area contributed by atoms with E-state index in [2.05, 4.69) is 24.1 Å². The molecule has 1 rings (SSSR count). The maximum absolute atomic E-state index is 11.0. The fraction of sp³-hybridized carbons (Fsp3) is 0.571. The summed E-state index contributed by atoms with van der Waals surface area (Å²) in [5, 5.41) is 12.1. The number of aromatic nitrogens is 1. The molecule has 1 heterocycles. The van der Waals surface area contributed by atoms with Gasteiger partial charge < -0.3 is 15.2 Å². The SMILES string of the molecule is Cc1cc(NCCOCCC(C)C)c(C(=O)O)cn1.